The molecule has 1 unspecified atom stereocenters. The van der Waals surface area contributed by atoms with Gasteiger partial charge in [0.05, 0.1) is 7.11 Å². The van der Waals surface area contributed by atoms with Crippen LogP contribution in [0.2, 0.25) is 0 Å². The largest absolute Gasteiger partial charge is 0.497 e. The normalized spacial score (nSPS) is 12.3. The smallest absolute Gasteiger partial charge is 0.408 e. The highest BCUT2D eigenvalue weighted by molar-refractivity contribution is 5.86. The van der Waals surface area contributed by atoms with Gasteiger partial charge in [-0.25, -0.2) is 9.18 Å². The van der Waals surface area contributed by atoms with Crippen molar-refractivity contribution in [2.24, 2.45) is 0 Å². The maximum atomic E-state index is 13.7. The summed E-state index contributed by atoms with van der Waals surface area (Å²) in [7, 11) is 4.48. The summed E-state index contributed by atoms with van der Waals surface area (Å²) in [5.41, 5.74) is -0.443. The van der Waals surface area contributed by atoms with Gasteiger partial charge in [0.2, 0.25) is 5.91 Å². The maximum Gasteiger partial charge on any atom is 0.408 e. The number of carbonyl (C=O) groups excluding carboxylic acids is 2. The number of hydrogen-bond donors (Lipinski definition) is 1. The summed E-state index contributed by atoms with van der Waals surface area (Å²) in [6.45, 7) is 5.13. The van der Waals surface area contributed by atoms with Gasteiger partial charge in [-0.15, -0.1) is 0 Å². The predicted molar refractivity (Wildman–Crippen MR) is 83.8 cm³/mol. The molecule has 6 nitrogen and oxygen atoms in total. The molecule has 0 spiro atoms. The van der Waals surface area contributed by atoms with Crippen molar-refractivity contribution in [1.82, 2.24) is 10.2 Å². The van der Waals surface area contributed by atoms with Gasteiger partial charge in [0.1, 0.15) is 23.2 Å². The molecular formula is C16H23FN2O4. The lowest BCUT2D eigenvalue weighted by atomic mass is 10.1. The average molecular weight is 326 g/mol. The van der Waals surface area contributed by atoms with Crippen LogP contribution in [0.1, 0.15) is 32.4 Å². The maximum absolute atomic E-state index is 13.7. The molecule has 0 heterocycles. The van der Waals surface area contributed by atoms with Crippen LogP contribution in [-0.2, 0) is 9.53 Å². The lowest BCUT2D eigenvalue weighted by Gasteiger charge is -2.25. The van der Waals surface area contributed by atoms with Crippen LogP contribution in [-0.4, -0.2) is 43.7 Å². The Labute approximate surface area is 135 Å². The molecule has 0 radical (unpaired) electrons. The average Bonchev–Trinajstić information content (AvgIpc) is 2.41. The molecule has 0 fully saturated rings. The van der Waals surface area contributed by atoms with Crippen LogP contribution in [0.4, 0.5) is 9.18 Å². The molecule has 0 bridgehead atoms. The van der Waals surface area contributed by atoms with E-state index in [1.807, 2.05) is 0 Å². The van der Waals surface area contributed by atoms with Crippen molar-refractivity contribution in [3.05, 3.63) is 29.6 Å². The van der Waals surface area contributed by atoms with Crippen molar-refractivity contribution in [3.63, 3.8) is 0 Å². The monoisotopic (exact) mass is 326 g/mol. The fourth-order valence-corrected chi connectivity index (χ4v) is 1.84. The third kappa shape index (κ3) is 5.77. The molecule has 7 heteroatoms. The van der Waals surface area contributed by atoms with Crippen molar-refractivity contribution >= 4 is 12.0 Å². The lowest BCUT2D eigenvalue weighted by molar-refractivity contribution is -0.131. The Bertz CT molecular complexity index is 582. The molecule has 0 aliphatic carbocycles. The molecule has 0 saturated heterocycles. The molecular weight excluding hydrogens is 303 g/mol. The first kappa shape index (κ1) is 18.7. The van der Waals surface area contributed by atoms with Gasteiger partial charge in [-0.2, -0.15) is 0 Å². The standard InChI is InChI=1S/C16H23FN2O4/c1-16(2,3)23-15(21)18-13(14(20)19(4)5)10-7-11(17)9-12(8-10)22-6/h7-9,13H,1-6H3,(H,18,21). The quantitative estimate of drug-likeness (QED) is 0.923. The van der Waals surface area contributed by atoms with Crippen LogP contribution in [0.3, 0.4) is 0 Å². The minimum absolute atomic E-state index is 0.252. The van der Waals surface area contributed by atoms with Gasteiger partial charge in [-0.05, 0) is 38.5 Å². The minimum atomic E-state index is -1.08. The van der Waals surface area contributed by atoms with Gasteiger partial charge in [0.25, 0.3) is 0 Å². The zero-order chi connectivity index (χ0) is 17.8. The Morgan fingerprint density at radius 3 is 2.30 bits per heavy atom. The van der Waals surface area contributed by atoms with Crippen molar-refractivity contribution in [1.29, 1.82) is 0 Å². The molecule has 128 valence electrons. The summed E-state index contributed by atoms with van der Waals surface area (Å²) >= 11 is 0. The second-order valence-corrected chi connectivity index (χ2v) is 6.24. The van der Waals surface area contributed by atoms with Gasteiger partial charge in [-0.1, -0.05) is 0 Å². The molecule has 2 amide bonds. The first-order valence-electron chi connectivity index (χ1n) is 7.08. The number of methoxy groups -OCH3 is 1. The van der Waals surface area contributed by atoms with Crippen molar-refractivity contribution in [2.45, 2.75) is 32.4 Å². The van der Waals surface area contributed by atoms with E-state index in [0.717, 1.165) is 0 Å². The summed E-state index contributed by atoms with van der Waals surface area (Å²) in [5.74, 6) is -0.729. The van der Waals surface area contributed by atoms with Crippen LogP contribution in [0.25, 0.3) is 0 Å². The van der Waals surface area contributed by atoms with E-state index < -0.39 is 29.5 Å². The van der Waals surface area contributed by atoms with Crippen molar-refractivity contribution < 1.29 is 23.5 Å². The summed E-state index contributed by atoms with van der Waals surface area (Å²) in [6, 6.07) is 2.77. The molecule has 1 aromatic rings. The molecule has 1 rings (SSSR count). The van der Waals surface area contributed by atoms with Gasteiger partial charge >= 0.3 is 6.09 Å². The highest BCUT2D eigenvalue weighted by atomic mass is 19.1. The number of rotatable bonds is 4. The fourth-order valence-electron chi connectivity index (χ4n) is 1.84. The van der Waals surface area contributed by atoms with Crippen molar-refractivity contribution in [3.8, 4) is 5.75 Å². The Balaban J connectivity index is 3.13. The lowest BCUT2D eigenvalue weighted by Crippen LogP contribution is -2.42. The van der Waals surface area contributed by atoms with Crippen LogP contribution in [0, 0.1) is 5.82 Å². The van der Waals surface area contributed by atoms with Crippen LogP contribution >= 0.6 is 0 Å². The summed E-state index contributed by atoms with van der Waals surface area (Å²) < 4.78 is 23.9. The first-order chi connectivity index (χ1) is 10.5. The number of ether oxygens (including phenoxy) is 2. The number of benzene rings is 1. The van der Waals surface area contributed by atoms with E-state index in [0.29, 0.717) is 0 Å². The third-order valence-corrected chi connectivity index (χ3v) is 2.81. The Morgan fingerprint density at radius 2 is 1.83 bits per heavy atom. The van der Waals surface area contributed by atoms with E-state index in [9.17, 15) is 14.0 Å². The molecule has 0 aliphatic rings. The number of amides is 2. The van der Waals surface area contributed by atoms with E-state index in [4.69, 9.17) is 9.47 Å². The van der Waals surface area contributed by atoms with Gasteiger partial charge < -0.3 is 19.7 Å². The summed E-state index contributed by atoms with van der Waals surface area (Å²) in [5, 5.41) is 2.47. The number of nitrogens with zero attached hydrogens (tertiary/aromatic N) is 1. The summed E-state index contributed by atoms with van der Waals surface area (Å²) in [4.78, 5) is 25.6. The summed E-state index contributed by atoms with van der Waals surface area (Å²) in [6.07, 6.45) is -0.763. The van der Waals surface area contributed by atoms with E-state index in [2.05, 4.69) is 5.32 Å². The van der Waals surface area contributed by atoms with Crippen LogP contribution in [0.5, 0.6) is 5.75 Å². The Morgan fingerprint density at radius 1 is 1.22 bits per heavy atom. The number of likely N-dealkylation sites (N-methyl/N-ethyl adjacent to an activating group) is 1. The van der Waals surface area contributed by atoms with Crippen LogP contribution in [0.15, 0.2) is 18.2 Å². The molecule has 1 aromatic carbocycles. The fraction of sp³-hybridized carbons (Fsp3) is 0.500. The highest BCUT2D eigenvalue weighted by Crippen LogP contribution is 2.23. The zero-order valence-electron chi connectivity index (χ0n) is 14.3. The number of carbonyl (C=O) groups is 2. The number of alkyl carbamates (subject to hydrolysis) is 1. The number of hydrogen-bond acceptors (Lipinski definition) is 4. The Kier molecular flexibility index (Phi) is 5.95. The predicted octanol–water partition coefficient (Wildman–Crippen LogP) is 2.49. The minimum Gasteiger partial charge on any atom is -0.497 e. The molecule has 1 atom stereocenters. The van der Waals surface area contributed by atoms with Crippen molar-refractivity contribution in [2.75, 3.05) is 21.2 Å². The van der Waals surface area contributed by atoms with E-state index in [1.54, 1.807) is 34.9 Å². The molecule has 23 heavy (non-hydrogen) atoms. The number of nitrogens with one attached hydrogen (secondary N) is 1. The van der Waals surface area contributed by atoms with E-state index >= 15 is 0 Å². The second kappa shape index (κ2) is 7.30. The molecule has 0 aliphatic heterocycles. The first-order valence-corrected chi connectivity index (χ1v) is 7.08. The Hall–Kier alpha value is -2.31. The second-order valence-electron chi connectivity index (χ2n) is 6.24. The zero-order valence-corrected chi connectivity index (χ0v) is 14.3. The van der Waals surface area contributed by atoms with Crippen LogP contribution < -0.4 is 10.1 Å². The molecule has 0 aromatic heterocycles. The van der Waals surface area contributed by atoms with Gasteiger partial charge in [0.15, 0.2) is 0 Å². The molecule has 0 saturated carbocycles. The highest BCUT2D eigenvalue weighted by Gasteiger charge is 2.27. The van der Waals surface area contributed by atoms with Gasteiger partial charge in [-0.3, -0.25) is 4.79 Å². The van der Waals surface area contributed by atoms with E-state index in [-0.39, 0.29) is 11.3 Å². The number of halogens is 1. The van der Waals surface area contributed by atoms with Gasteiger partial charge in [0, 0.05) is 20.2 Å². The topological polar surface area (TPSA) is 67.9 Å². The third-order valence-electron chi connectivity index (χ3n) is 2.81. The SMILES string of the molecule is COc1cc(F)cc(C(NC(=O)OC(C)(C)C)C(=O)N(C)C)c1. The van der Waals surface area contributed by atoms with E-state index in [1.165, 1.54) is 30.2 Å². The molecule has 1 N–H and O–H groups in total.